The van der Waals surface area contributed by atoms with E-state index >= 15 is 0 Å². The second-order valence-electron chi connectivity index (χ2n) is 1.59. The smallest absolute Gasteiger partial charge is 0.127 e. The Bertz CT molecular complexity index is 206. The number of nitrogens with zero attached hydrogens (tertiary/aromatic N) is 2. The molecule has 0 aliphatic rings. The molecule has 0 aliphatic heterocycles. The normalized spacial score (nSPS) is 8.50. The fourth-order valence-corrected chi connectivity index (χ4v) is 0.501. The van der Waals surface area contributed by atoms with Gasteiger partial charge in [0.25, 0.3) is 0 Å². The first kappa shape index (κ1) is 9.13. The number of nitrogen functional groups attached to an aromatic ring is 1. The molecule has 56 valence electrons. The number of anilines is 1. The van der Waals surface area contributed by atoms with E-state index in [9.17, 15) is 0 Å². The largest absolute Gasteiger partial charge is 0.390 e. The fourth-order valence-electron chi connectivity index (χ4n) is 0.501. The van der Waals surface area contributed by atoms with E-state index in [1.54, 1.807) is 0 Å². The number of nitrogens with two attached hydrogens (primary N) is 1. The van der Waals surface area contributed by atoms with Crippen molar-refractivity contribution in [2.75, 3.05) is 5.73 Å². The van der Waals surface area contributed by atoms with Crippen molar-refractivity contribution in [1.29, 1.82) is 0 Å². The molecule has 5 heteroatoms. The molecule has 0 bridgehead atoms. The maximum atomic E-state index is 8.52. The molecule has 1 rings (SSSR count). The first-order valence-electron chi connectivity index (χ1n) is 2.50. The predicted molar refractivity (Wildman–Crippen MR) is 39.6 cm³/mol. The number of aliphatic hydroxyl groups excluding tert-OH is 1. The highest BCUT2D eigenvalue weighted by Crippen LogP contribution is 1.96. The van der Waals surface area contributed by atoms with Gasteiger partial charge in [0.05, 0.1) is 12.3 Å². The molecule has 1 aromatic rings. The van der Waals surface area contributed by atoms with Crippen LogP contribution in [0.3, 0.4) is 0 Å². The van der Waals surface area contributed by atoms with Crippen LogP contribution in [0, 0.1) is 0 Å². The summed E-state index contributed by atoms with van der Waals surface area (Å²) >= 11 is 0. The highest BCUT2D eigenvalue weighted by molar-refractivity contribution is 5.85. The Kier molecular flexibility index (Phi) is 3.68. The lowest BCUT2D eigenvalue weighted by Crippen LogP contribution is -1.94. The maximum absolute atomic E-state index is 8.52. The summed E-state index contributed by atoms with van der Waals surface area (Å²) in [5, 5.41) is 8.52. The van der Waals surface area contributed by atoms with E-state index in [0.717, 1.165) is 0 Å². The Hall–Kier alpha value is -0.870. The monoisotopic (exact) mass is 161 g/mol. The number of halogens is 1. The number of hydrogen-bond donors (Lipinski definition) is 2. The van der Waals surface area contributed by atoms with E-state index in [0.29, 0.717) is 11.5 Å². The Morgan fingerprint density at radius 1 is 1.50 bits per heavy atom. The lowest BCUT2D eigenvalue weighted by molar-refractivity contribution is 0.276. The summed E-state index contributed by atoms with van der Waals surface area (Å²) < 4.78 is 0. The van der Waals surface area contributed by atoms with E-state index in [1.165, 1.54) is 12.4 Å². The summed E-state index contributed by atoms with van der Waals surface area (Å²) in [6.45, 7) is -0.0906. The minimum atomic E-state index is -0.0906. The van der Waals surface area contributed by atoms with Crippen LogP contribution in [-0.4, -0.2) is 15.1 Å². The zero-order chi connectivity index (χ0) is 6.69. The molecule has 0 fully saturated rings. The van der Waals surface area contributed by atoms with Gasteiger partial charge in [0.15, 0.2) is 0 Å². The van der Waals surface area contributed by atoms with E-state index in [2.05, 4.69) is 9.97 Å². The minimum Gasteiger partial charge on any atom is -0.390 e. The zero-order valence-electron chi connectivity index (χ0n) is 5.19. The summed E-state index contributed by atoms with van der Waals surface area (Å²) in [5.41, 5.74) is 5.82. The van der Waals surface area contributed by atoms with E-state index in [4.69, 9.17) is 10.8 Å². The first-order chi connectivity index (χ1) is 4.33. The minimum absolute atomic E-state index is 0. The Labute approximate surface area is 64.5 Å². The third-order valence-corrected chi connectivity index (χ3v) is 0.907. The van der Waals surface area contributed by atoms with Gasteiger partial charge >= 0.3 is 0 Å². The van der Waals surface area contributed by atoms with Crippen LogP contribution in [0.5, 0.6) is 0 Å². The molecule has 4 nitrogen and oxygen atoms in total. The molecule has 1 aromatic heterocycles. The van der Waals surface area contributed by atoms with Gasteiger partial charge in [-0.25, -0.2) is 9.97 Å². The van der Waals surface area contributed by atoms with Gasteiger partial charge in [0, 0.05) is 6.07 Å². The predicted octanol–water partition coefficient (Wildman–Crippen LogP) is -0.0271. The SMILES string of the molecule is Cl.Nc1cc(CO)ncn1. The number of aromatic nitrogens is 2. The van der Waals surface area contributed by atoms with Gasteiger partial charge in [0.2, 0.25) is 0 Å². The van der Waals surface area contributed by atoms with Crippen molar-refractivity contribution in [3.63, 3.8) is 0 Å². The molecule has 0 aliphatic carbocycles. The lowest BCUT2D eigenvalue weighted by atomic mass is 10.4. The van der Waals surface area contributed by atoms with Crippen molar-refractivity contribution in [2.24, 2.45) is 0 Å². The van der Waals surface area contributed by atoms with Crippen LogP contribution in [0.1, 0.15) is 5.69 Å². The Morgan fingerprint density at radius 3 is 2.60 bits per heavy atom. The molecular formula is C5H8ClN3O. The van der Waals surface area contributed by atoms with Crippen LogP contribution in [0.2, 0.25) is 0 Å². The van der Waals surface area contributed by atoms with Gasteiger partial charge in [-0.2, -0.15) is 0 Å². The van der Waals surface area contributed by atoms with Gasteiger partial charge in [-0.3, -0.25) is 0 Å². The quantitative estimate of drug-likeness (QED) is 0.607. The fraction of sp³-hybridized carbons (Fsp3) is 0.200. The molecule has 0 aromatic carbocycles. The molecule has 0 unspecified atom stereocenters. The Morgan fingerprint density at radius 2 is 2.20 bits per heavy atom. The van der Waals surface area contributed by atoms with E-state index in [1.807, 2.05) is 0 Å². The average Bonchev–Trinajstić information content (AvgIpc) is 1.88. The summed E-state index contributed by atoms with van der Waals surface area (Å²) in [7, 11) is 0. The Balaban J connectivity index is 0.000000810. The van der Waals surface area contributed by atoms with Gasteiger partial charge in [-0.15, -0.1) is 12.4 Å². The topological polar surface area (TPSA) is 72.0 Å². The van der Waals surface area contributed by atoms with Crippen molar-refractivity contribution in [3.8, 4) is 0 Å². The molecule has 1 heterocycles. The van der Waals surface area contributed by atoms with Crippen molar-refractivity contribution in [2.45, 2.75) is 6.61 Å². The lowest BCUT2D eigenvalue weighted by Gasteiger charge is -1.93. The molecule has 10 heavy (non-hydrogen) atoms. The highest BCUT2D eigenvalue weighted by Gasteiger charge is 1.90. The van der Waals surface area contributed by atoms with Gasteiger partial charge in [-0.05, 0) is 0 Å². The van der Waals surface area contributed by atoms with Crippen molar-refractivity contribution in [1.82, 2.24) is 9.97 Å². The van der Waals surface area contributed by atoms with Gasteiger partial charge in [0.1, 0.15) is 12.1 Å². The molecule has 0 atom stereocenters. The van der Waals surface area contributed by atoms with Crippen LogP contribution in [-0.2, 0) is 6.61 Å². The number of rotatable bonds is 1. The first-order valence-corrected chi connectivity index (χ1v) is 2.50. The third-order valence-electron chi connectivity index (χ3n) is 0.907. The van der Waals surface area contributed by atoms with Gasteiger partial charge < -0.3 is 10.8 Å². The molecule has 0 spiro atoms. The van der Waals surface area contributed by atoms with Crippen molar-refractivity contribution in [3.05, 3.63) is 18.1 Å². The summed E-state index contributed by atoms with van der Waals surface area (Å²) in [6, 6.07) is 1.53. The summed E-state index contributed by atoms with van der Waals surface area (Å²) in [5.74, 6) is 0.383. The highest BCUT2D eigenvalue weighted by atomic mass is 35.5. The van der Waals surface area contributed by atoms with E-state index < -0.39 is 0 Å². The molecule has 0 radical (unpaired) electrons. The maximum Gasteiger partial charge on any atom is 0.127 e. The van der Waals surface area contributed by atoms with Crippen molar-refractivity contribution >= 4 is 18.2 Å². The summed E-state index contributed by atoms with van der Waals surface area (Å²) in [4.78, 5) is 7.36. The zero-order valence-corrected chi connectivity index (χ0v) is 6.01. The second-order valence-corrected chi connectivity index (χ2v) is 1.59. The molecule has 0 saturated heterocycles. The van der Waals surface area contributed by atoms with Crippen LogP contribution >= 0.6 is 12.4 Å². The third kappa shape index (κ3) is 2.16. The number of aliphatic hydroxyl groups is 1. The van der Waals surface area contributed by atoms with Crippen LogP contribution < -0.4 is 5.73 Å². The molecule has 3 N–H and O–H groups in total. The van der Waals surface area contributed by atoms with Crippen molar-refractivity contribution < 1.29 is 5.11 Å². The molecular weight excluding hydrogens is 154 g/mol. The second kappa shape index (κ2) is 4.03. The average molecular weight is 162 g/mol. The van der Waals surface area contributed by atoms with Crippen LogP contribution in [0.25, 0.3) is 0 Å². The number of hydrogen-bond acceptors (Lipinski definition) is 4. The summed E-state index contributed by atoms with van der Waals surface area (Å²) in [6.07, 6.45) is 1.32. The molecule has 0 amide bonds. The standard InChI is InChI=1S/C5H7N3O.ClH/c6-5-1-4(2-9)7-3-8-5;/h1,3,9H,2H2,(H2,6,7,8);1H. The van der Waals surface area contributed by atoms with E-state index in [-0.39, 0.29) is 19.0 Å². The van der Waals surface area contributed by atoms with Gasteiger partial charge in [-0.1, -0.05) is 0 Å². The van der Waals surface area contributed by atoms with Crippen LogP contribution in [0.4, 0.5) is 5.82 Å². The molecule has 0 saturated carbocycles. The van der Waals surface area contributed by atoms with Crippen LogP contribution in [0.15, 0.2) is 12.4 Å².